The Hall–Kier alpha value is -1.29. The molecule has 0 radical (unpaired) electrons. The van der Waals surface area contributed by atoms with Crippen LogP contribution in [0, 0.1) is 0 Å². The Morgan fingerprint density at radius 3 is 2.53 bits per heavy atom. The van der Waals surface area contributed by atoms with E-state index in [4.69, 9.17) is 4.74 Å². The lowest BCUT2D eigenvalue weighted by Crippen LogP contribution is -2.40. The molecule has 0 saturated heterocycles. The van der Waals surface area contributed by atoms with Crippen molar-refractivity contribution in [2.45, 2.75) is 26.3 Å². The van der Waals surface area contributed by atoms with E-state index >= 15 is 0 Å². The molecule has 0 aliphatic heterocycles. The first-order chi connectivity index (χ1) is 7.92. The third-order valence-corrected chi connectivity index (χ3v) is 2.45. The molecule has 96 valence electrons. The molecule has 0 spiro atoms. The summed E-state index contributed by atoms with van der Waals surface area (Å²) < 4.78 is 5.08. The Morgan fingerprint density at radius 1 is 1.35 bits per heavy atom. The number of ether oxygens (including phenoxy) is 1. The molecular formula is C13H23N3O. The third kappa shape index (κ3) is 5.04. The van der Waals surface area contributed by atoms with Crippen LogP contribution in [0.2, 0.25) is 0 Å². The van der Waals surface area contributed by atoms with Crippen molar-refractivity contribution >= 4 is 5.82 Å². The fourth-order valence-electron chi connectivity index (χ4n) is 1.43. The van der Waals surface area contributed by atoms with Crippen LogP contribution >= 0.6 is 0 Å². The van der Waals surface area contributed by atoms with Crippen molar-refractivity contribution in [1.29, 1.82) is 0 Å². The van der Waals surface area contributed by atoms with E-state index in [2.05, 4.69) is 36.0 Å². The van der Waals surface area contributed by atoms with Crippen LogP contribution in [-0.2, 0) is 0 Å². The van der Waals surface area contributed by atoms with E-state index < -0.39 is 0 Å². The Morgan fingerprint density at radius 2 is 2.06 bits per heavy atom. The smallest absolute Gasteiger partial charge is 0.137 e. The number of nitrogens with zero attached hydrogens (tertiary/aromatic N) is 2. The normalized spacial score (nSPS) is 11.4. The molecule has 4 heteroatoms. The van der Waals surface area contributed by atoms with Crippen LogP contribution < -0.4 is 15.0 Å². The molecule has 0 unspecified atom stereocenters. The monoisotopic (exact) mass is 237 g/mol. The highest BCUT2D eigenvalue weighted by Crippen LogP contribution is 2.13. The molecule has 0 aliphatic rings. The van der Waals surface area contributed by atoms with Gasteiger partial charge < -0.3 is 15.0 Å². The van der Waals surface area contributed by atoms with Crippen molar-refractivity contribution in [2.75, 3.05) is 32.1 Å². The number of hydrogen-bond donors (Lipinski definition) is 1. The van der Waals surface area contributed by atoms with Crippen LogP contribution in [0.3, 0.4) is 0 Å². The van der Waals surface area contributed by atoms with Gasteiger partial charge in [0.1, 0.15) is 11.6 Å². The highest BCUT2D eigenvalue weighted by Gasteiger charge is 2.09. The lowest BCUT2D eigenvalue weighted by molar-refractivity contribution is 0.413. The highest BCUT2D eigenvalue weighted by molar-refractivity contribution is 5.39. The van der Waals surface area contributed by atoms with Crippen molar-refractivity contribution in [1.82, 2.24) is 10.3 Å². The Balaban J connectivity index is 2.43. The SMILES string of the molecule is COc1ccc(N(C)CCNC(C)(C)C)nc1. The molecule has 1 N–H and O–H groups in total. The minimum atomic E-state index is 0.161. The van der Waals surface area contributed by atoms with E-state index in [1.54, 1.807) is 13.3 Å². The van der Waals surface area contributed by atoms with E-state index in [1.807, 2.05) is 19.2 Å². The Kier molecular flexibility index (Phi) is 4.75. The zero-order valence-electron chi connectivity index (χ0n) is 11.4. The average molecular weight is 237 g/mol. The molecule has 0 fully saturated rings. The first-order valence-electron chi connectivity index (χ1n) is 5.88. The van der Waals surface area contributed by atoms with E-state index in [9.17, 15) is 0 Å². The van der Waals surface area contributed by atoms with Crippen LogP contribution in [0.1, 0.15) is 20.8 Å². The lowest BCUT2D eigenvalue weighted by Gasteiger charge is -2.24. The first-order valence-corrected chi connectivity index (χ1v) is 5.88. The number of pyridine rings is 1. The molecule has 1 aromatic heterocycles. The van der Waals surface area contributed by atoms with Crippen molar-refractivity contribution in [3.63, 3.8) is 0 Å². The summed E-state index contributed by atoms with van der Waals surface area (Å²) in [5.74, 6) is 1.75. The summed E-state index contributed by atoms with van der Waals surface area (Å²) in [5.41, 5.74) is 0.161. The first kappa shape index (κ1) is 13.8. The van der Waals surface area contributed by atoms with Crippen LogP contribution in [0.25, 0.3) is 0 Å². The number of likely N-dealkylation sites (N-methyl/N-ethyl adjacent to an activating group) is 1. The van der Waals surface area contributed by atoms with Crippen molar-refractivity contribution in [3.05, 3.63) is 18.3 Å². The molecule has 0 atom stereocenters. The summed E-state index contributed by atoms with van der Waals surface area (Å²) >= 11 is 0. The number of methoxy groups -OCH3 is 1. The standard InChI is InChI=1S/C13H23N3O/c1-13(2,3)15-8-9-16(4)12-7-6-11(17-5)10-14-12/h6-7,10,15H,8-9H2,1-5H3. The van der Waals surface area contributed by atoms with Gasteiger partial charge in [-0.2, -0.15) is 0 Å². The molecule has 0 amide bonds. The van der Waals surface area contributed by atoms with Crippen molar-refractivity contribution < 1.29 is 4.74 Å². The summed E-state index contributed by atoms with van der Waals surface area (Å²) in [7, 11) is 3.69. The van der Waals surface area contributed by atoms with Crippen LogP contribution in [0.15, 0.2) is 18.3 Å². The maximum Gasteiger partial charge on any atom is 0.137 e. The zero-order valence-corrected chi connectivity index (χ0v) is 11.4. The maximum absolute atomic E-state index is 5.08. The van der Waals surface area contributed by atoms with Gasteiger partial charge >= 0.3 is 0 Å². The van der Waals surface area contributed by atoms with Crippen molar-refractivity contribution in [3.8, 4) is 5.75 Å². The largest absolute Gasteiger partial charge is 0.495 e. The summed E-state index contributed by atoms with van der Waals surface area (Å²) in [5, 5.41) is 3.45. The van der Waals surface area contributed by atoms with Gasteiger partial charge in [-0.1, -0.05) is 0 Å². The molecule has 1 rings (SSSR count). The molecular weight excluding hydrogens is 214 g/mol. The van der Waals surface area contributed by atoms with E-state index in [1.165, 1.54) is 0 Å². The van der Waals surface area contributed by atoms with Crippen LogP contribution in [0.4, 0.5) is 5.82 Å². The molecule has 0 bridgehead atoms. The van der Waals surface area contributed by atoms with E-state index in [0.29, 0.717) is 0 Å². The van der Waals surface area contributed by atoms with Gasteiger partial charge in [0.05, 0.1) is 13.3 Å². The number of rotatable bonds is 5. The molecule has 4 nitrogen and oxygen atoms in total. The van der Waals surface area contributed by atoms with Crippen LogP contribution in [-0.4, -0.2) is 37.8 Å². The molecule has 0 saturated carbocycles. The second kappa shape index (κ2) is 5.87. The number of nitrogens with one attached hydrogen (secondary N) is 1. The molecule has 17 heavy (non-hydrogen) atoms. The summed E-state index contributed by atoms with van der Waals surface area (Å²) in [6.45, 7) is 8.36. The number of anilines is 1. The van der Waals surface area contributed by atoms with Gasteiger partial charge in [0.15, 0.2) is 0 Å². The van der Waals surface area contributed by atoms with Gasteiger partial charge in [-0.3, -0.25) is 0 Å². The molecule has 1 heterocycles. The fourth-order valence-corrected chi connectivity index (χ4v) is 1.43. The summed E-state index contributed by atoms with van der Waals surface area (Å²) in [4.78, 5) is 6.46. The topological polar surface area (TPSA) is 37.4 Å². The average Bonchev–Trinajstić information content (AvgIpc) is 2.27. The quantitative estimate of drug-likeness (QED) is 0.849. The van der Waals surface area contributed by atoms with Crippen molar-refractivity contribution in [2.24, 2.45) is 0 Å². The van der Waals surface area contributed by atoms with E-state index in [0.717, 1.165) is 24.7 Å². The number of hydrogen-bond acceptors (Lipinski definition) is 4. The van der Waals surface area contributed by atoms with Gasteiger partial charge in [-0.25, -0.2) is 4.98 Å². The summed E-state index contributed by atoms with van der Waals surface area (Å²) in [6.07, 6.45) is 1.74. The minimum absolute atomic E-state index is 0.161. The Labute approximate surface area is 104 Å². The third-order valence-electron chi connectivity index (χ3n) is 2.45. The van der Waals surface area contributed by atoms with Gasteiger partial charge in [-0.05, 0) is 32.9 Å². The number of aromatic nitrogens is 1. The molecule has 0 aromatic carbocycles. The predicted octanol–water partition coefficient (Wildman–Crippen LogP) is 1.91. The van der Waals surface area contributed by atoms with Gasteiger partial charge in [0, 0.05) is 25.7 Å². The molecule has 0 aliphatic carbocycles. The second-order valence-electron chi connectivity index (χ2n) is 5.15. The van der Waals surface area contributed by atoms with Gasteiger partial charge in [0.2, 0.25) is 0 Å². The van der Waals surface area contributed by atoms with Crippen LogP contribution in [0.5, 0.6) is 5.75 Å². The predicted molar refractivity (Wildman–Crippen MR) is 71.8 cm³/mol. The highest BCUT2D eigenvalue weighted by atomic mass is 16.5. The molecule has 1 aromatic rings. The zero-order chi connectivity index (χ0) is 12.9. The van der Waals surface area contributed by atoms with E-state index in [-0.39, 0.29) is 5.54 Å². The van der Waals surface area contributed by atoms with Gasteiger partial charge in [0.25, 0.3) is 0 Å². The maximum atomic E-state index is 5.08. The lowest BCUT2D eigenvalue weighted by atomic mass is 10.1. The summed E-state index contributed by atoms with van der Waals surface area (Å²) in [6, 6.07) is 3.89. The van der Waals surface area contributed by atoms with Gasteiger partial charge in [-0.15, -0.1) is 0 Å². The minimum Gasteiger partial charge on any atom is -0.495 e. The second-order valence-corrected chi connectivity index (χ2v) is 5.15. The Bertz CT molecular complexity index is 330. The fraction of sp³-hybridized carbons (Fsp3) is 0.615.